The number of ether oxygens (including phenoxy) is 1. The number of alkyl halides is 3. The van der Waals surface area contributed by atoms with Gasteiger partial charge >= 0.3 is 12.1 Å². The Morgan fingerprint density at radius 1 is 1.18 bits per heavy atom. The number of carboxylic acids is 1. The first-order valence-corrected chi connectivity index (χ1v) is 14.5. The van der Waals surface area contributed by atoms with Crippen LogP contribution >= 0.6 is 22.9 Å². The molecule has 1 saturated heterocycles. The number of hydrogen-bond donors (Lipinski definition) is 2. The molecule has 2 heterocycles. The Kier molecular flexibility index (Phi) is 10.0. The number of carboxylic acid groups (broad SMARTS) is 1. The number of hydrogen-bond acceptors (Lipinski definition) is 7. The van der Waals surface area contributed by atoms with Gasteiger partial charge in [-0.05, 0) is 38.3 Å². The molecule has 8 nitrogen and oxygen atoms in total. The SMILES string of the molecule is CC(C)(c1ccccc1)N1CCC(Oc2cc(F)c(S(=O)(=O)Nc3nccs3)cc2Cl)CC1.O=C(O)C(F)(F)F. The van der Waals surface area contributed by atoms with Gasteiger partial charge in [0, 0.05) is 36.3 Å². The molecule has 0 aliphatic carbocycles. The first kappa shape index (κ1) is 31.6. The van der Waals surface area contributed by atoms with Crippen LogP contribution in [0.4, 0.5) is 22.7 Å². The largest absolute Gasteiger partial charge is 0.490 e. The first-order valence-electron chi connectivity index (χ1n) is 11.8. The second kappa shape index (κ2) is 12.7. The Hall–Kier alpha value is -2.94. The van der Waals surface area contributed by atoms with Crippen molar-refractivity contribution in [3.05, 3.63) is 70.4 Å². The zero-order valence-electron chi connectivity index (χ0n) is 21.3. The van der Waals surface area contributed by atoms with Crippen molar-refractivity contribution in [1.82, 2.24) is 9.88 Å². The number of sulfonamides is 1. The van der Waals surface area contributed by atoms with Gasteiger partial charge in [-0.3, -0.25) is 9.62 Å². The minimum absolute atomic E-state index is 0.0444. The predicted octanol–water partition coefficient (Wildman–Crippen LogP) is 6.15. The predicted molar refractivity (Wildman–Crippen MR) is 143 cm³/mol. The summed E-state index contributed by atoms with van der Waals surface area (Å²) in [5.74, 6) is -3.54. The summed E-state index contributed by atoms with van der Waals surface area (Å²) in [7, 11) is -4.16. The van der Waals surface area contributed by atoms with E-state index in [1.807, 2.05) is 18.2 Å². The van der Waals surface area contributed by atoms with Crippen LogP contribution in [0.25, 0.3) is 0 Å². The molecule has 0 saturated carbocycles. The van der Waals surface area contributed by atoms with Gasteiger partial charge in [0.05, 0.1) is 5.02 Å². The molecule has 218 valence electrons. The van der Waals surface area contributed by atoms with E-state index in [-0.39, 0.29) is 27.5 Å². The normalized spacial score (nSPS) is 15.2. The van der Waals surface area contributed by atoms with Gasteiger partial charge in [-0.25, -0.2) is 22.6 Å². The number of thiazole rings is 1. The summed E-state index contributed by atoms with van der Waals surface area (Å²) in [6, 6.07) is 12.5. The number of benzene rings is 2. The maximum atomic E-state index is 14.7. The van der Waals surface area contributed by atoms with Crippen molar-refractivity contribution in [3.8, 4) is 5.75 Å². The molecule has 0 spiro atoms. The van der Waals surface area contributed by atoms with E-state index in [2.05, 4.69) is 40.6 Å². The van der Waals surface area contributed by atoms with Crippen LogP contribution in [0.1, 0.15) is 32.3 Å². The van der Waals surface area contributed by atoms with E-state index in [4.69, 9.17) is 26.2 Å². The number of halogens is 5. The lowest BCUT2D eigenvalue weighted by molar-refractivity contribution is -0.192. The summed E-state index contributed by atoms with van der Waals surface area (Å²) < 4.78 is 79.8. The molecular weight excluding hydrogens is 598 g/mol. The van der Waals surface area contributed by atoms with Crippen LogP contribution in [0.2, 0.25) is 5.02 Å². The fraction of sp³-hybridized carbons (Fsp3) is 0.360. The molecule has 1 aliphatic rings. The Balaban J connectivity index is 0.000000559. The van der Waals surface area contributed by atoms with Crippen molar-refractivity contribution in [2.45, 2.75) is 49.4 Å². The average molecular weight is 624 g/mol. The van der Waals surface area contributed by atoms with E-state index < -0.39 is 32.9 Å². The van der Waals surface area contributed by atoms with E-state index >= 15 is 0 Å². The van der Waals surface area contributed by atoms with Crippen molar-refractivity contribution >= 4 is 44.1 Å². The van der Waals surface area contributed by atoms with Crippen molar-refractivity contribution in [3.63, 3.8) is 0 Å². The van der Waals surface area contributed by atoms with Crippen LogP contribution in [-0.2, 0) is 20.4 Å². The van der Waals surface area contributed by atoms with Crippen LogP contribution in [0.15, 0.2) is 58.9 Å². The second-order valence-electron chi connectivity index (χ2n) is 9.19. The van der Waals surface area contributed by atoms with Gasteiger partial charge in [0.25, 0.3) is 10.0 Å². The molecule has 0 unspecified atom stereocenters. The number of nitrogens with zero attached hydrogens (tertiary/aromatic N) is 2. The third-order valence-electron chi connectivity index (χ3n) is 6.18. The molecule has 15 heteroatoms. The van der Waals surface area contributed by atoms with E-state index in [9.17, 15) is 26.0 Å². The van der Waals surface area contributed by atoms with E-state index in [1.54, 1.807) is 5.38 Å². The minimum atomic E-state index is -5.08. The van der Waals surface area contributed by atoms with E-state index in [0.29, 0.717) is 0 Å². The van der Waals surface area contributed by atoms with Gasteiger partial charge < -0.3 is 9.84 Å². The number of piperidine rings is 1. The van der Waals surface area contributed by atoms with Crippen molar-refractivity contribution < 1.29 is 40.6 Å². The number of likely N-dealkylation sites (tertiary alicyclic amines) is 1. The molecule has 40 heavy (non-hydrogen) atoms. The maximum Gasteiger partial charge on any atom is 0.490 e. The Morgan fingerprint density at radius 2 is 1.77 bits per heavy atom. The Morgan fingerprint density at radius 3 is 2.30 bits per heavy atom. The lowest BCUT2D eigenvalue weighted by Crippen LogP contribution is -2.48. The Labute approximate surface area is 237 Å². The monoisotopic (exact) mass is 623 g/mol. The topological polar surface area (TPSA) is 109 Å². The molecule has 0 atom stereocenters. The summed E-state index contributed by atoms with van der Waals surface area (Å²) in [4.78, 5) is 14.6. The molecule has 1 fully saturated rings. The highest BCUT2D eigenvalue weighted by Crippen LogP contribution is 2.35. The van der Waals surface area contributed by atoms with Crippen LogP contribution in [0, 0.1) is 5.82 Å². The molecule has 0 bridgehead atoms. The van der Waals surface area contributed by atoms with E-state index in [0.717, 1.165) is 49.4 Å². The van der Waals surface area contributed by atoms with Gasteiger partial charge in [0.15, 0.2) is 5.13 Å². The molecule has 2 aromatic carbocycles. The van der Waals surface area contributed by atoms with Crippen molar-refractivity contribution in [2.24, 2.45) is 0 Å². The number of anilines is 1. The summed E-state index contributed by atoms with van der Waals surface area (Å²) in [5, 5.41) is 8.93. The molecule has 3 aromatic rings. The molecule has 0 amide bonds. The molecular formula is C25H26ClF4N3O5S2. The smallest absolute Gasteiger partial charge is 0.489 e. The number of aromatic nitrogens is 1. The molecule has 1 aliphatic heterocycles. The van der Waals surface area contributed by atoms with Gasteiger partial charge in [-0.1, -0.05) is 41.9 Å². The lowest BCUT2D eigenvalue weighted by Gasteiger charge is -2.43. The van der Waals surface area contributed by atoms with Gasteiger partial charge in [0.2, 0.25) is 0 Å². The minimum Gasteiger partial charge on any atom is -0.489 e. The fourth-order valence-corrected chi connectivity index (χ4v) is 6.14. The van der Waals surface area contributed by atoms with Gasteiger partial charge in [0.1, 0.15) is 22.6 Å². The zero-order valence-corrected chi connectivity index (χ0v) is 23.7. The van der Waals surface area contributed by atoms with Gasteiger partial charge in [-0.15, -0.1) is 11.3 Å². The summed E-state index contributed by atoms with van der Waals surface area (Å²) in [6.07, 6.45) is -2.27. The average Bonchev–Trinajstić information content (AvgIpc) is 3.39. The summed E-state index contributed by atoms with van der Waals surface area (Å²) >= 11 is 7.38. The number of nitrogens with one attached hydrogen (secondary N) is 1. The zero-order chi connectivity index (χ0) is 29.7. The molecule has 0 radical (unpaired) electrons. The highest BCUT2D eigenvalue weighted by atomic mass is 35.5. The fourth-order valence-electron chi connectivity index (χ4n) is 3.99. The van der Waals surface area contributed by atoms with Gasteiger partial charge in [-0.2, -0.15) is 13.2 Å². The summed E-state index contributed by atoms with van der Waals surface area (Å²) in [6.45, 7) is 6.04. The second-order valence-corrected chi connectivity index (χ2v) is 12.1. The molecule has 1 aromatic heterocycles. The quantitative estimate of drug-likeness (QED) is 0.304. The first-order chi connectivity index (χ1) is 18.6. The molecule has 2 N–H and O–H groups in total. The van der Waals surface area contributed by atoms with Crippen molar-refractivity contribution in [2.75, 3.05) is 17.8 Å². The third-order valence-corrected chi connectivity index (χ3v) is 8.65. The van der Waals surface area contributed by atoms with Crippen LogP contribution < -0.4 is 9.46 Å². The number of rotatable bonds is 7. The van der Waals surface area contributed by atoms with E-state index in [1.165, 1.54) is 11.8 Å². The third kappa shape index (κ3) is 8.05. The van der Waals surface area contributed by atoms with Crippen LogP contribution in [0.5, 0.6) is 5.75 Å². The standard InChI is InChI=1S/C23H25ClFN3O3S2.C2HF3O2/c1-23(2,16-6-4-3-5-7-16)28-11-8-17(9-12-28)31-20-15-19(25)21(14-18(20)24)33(29,30)27-22-26-10-13-32-22;3-2(4,5)1(6)7/h3-7,10,13-15,17H,8-9,11-12H2,1-2H3,(H,26,27);(H,6,7). The lowest BCUT2D eigenvalue weighted by atomic mass is 9.90. The van der Waals surface area contributed by atoms with Crippen LogP contribution in [-0.4, -0.2) is 54.7 Å². The molecule has 4 rings (SSSR count). The maximum absolute atomic E-state index is 14.7. The highest BCUT2D eigenvalue weighted by Gasteiger charge is 2.38. The highest BCUT2D eigenvalue weighted by molar-refractivity contribution is 7.93. The number of aliphatic carboxylic acids is 1. The Bertz CT molecular complexity index is 1400. The summed E-state index contributed by atoms with van der Waals surface area (Å²) in [5.41, 5.74) is 1.13. The van der Waals surface area contributed by atoms with Crippen LogP contribution in [0.3, 0.4) is 0 Å². The number of carbonyl (C=O) groups is 1. The van der Waals surface area contributed by atoms with Crippen molar-refractivity contribution in [1.29, 1.82) is 0 Å².